The molecule has 0 radical (unpaired) electrons. The van der Waals surface area contributed by atoms with Crippen molar-refractivity contribution >= 4 is 5.91 Å². The number of carbonyl (C=O) groups is 1. The molecule has 1 heterocycles. The maximum Gasteiger partial charge on any atom is 0.240 e. The van der Waals surface area contributed by atoms with Crippen LogP contribution in [0, 0.1) is 0 Å². The molecule has 2 rings (SSSR count). The summed E-state index contributed by atoms with van der Waals surface area (Å²) in [6, 6.07) is 10.6. The number of nitrogens with one attached hydrogen (secondary N) is 1. The fourth-order valence-corrected chi connectivity index (χ4v) is 2.55. The monoisotopic (exact) mass is 260 g/mol. The van der Waals surface area contributed by atoms with Crippen molar-refractivity contribution in [1.29, 1.82) is 0 Å². The summed E-state index contributed by atoms with van der Waals surface area (Å²) >= 11 is 0. The molecule has 0 spiro atoms. The summed E-state index contributed by atoms with van der Waals surface area (Å²) in [5.41, 5.74) is 1.20. The van der Waals surface area contributed by atoms with Gasteiger partial charge in [0, 0.05) is 12.6 Å². The first-order valence-electron chi connectivity index (χ1n) is 7.30. The molecule has 1 N–H and O–H groups in total. The highest BCUT2D eigenvalue weighted by Gasteiger charge is 2.28. The van der Waals surface area contributed by atoms with E-state index in [9.17, 15) is 4.79 Å². The zero-order chi connectivity index (χ0) is 13.7. The molecule has 0 bridgehead atoms. The van der Waals surface area contributed by atoms with E-state index in [4.69, 9.17) is 0 Å². The quantitative estimate of drug-likeness (QED) is 0.882. The van der Waals surface area contributed by atoms with Crippen molar-refractivity contribution in [3.05, 3.63) is 35.9 Å². The van der Waals surface area contributed by atoms with E-state index < -0.39 is 0 Å². The van der Waals surface area contributed by atoms with Crippen molar-refractivity contribution in [3.63, 3.8) is 0 Å². The van der Waals surface area contributed by atoms with E-state index in [2.05, 4.69) is 31.3 Å². The zero-order valence-electron chi connectivity index (χ0n) is 11.9. The highest BCUT2D eigenvalue weighted by Crippen LogP contribution is 2.16. The summed E-state index contributed by atoms with van der Waals surface area (Å²) in [7, 11) is 0. The predicted molar refractivity (Wildman–Crippen MR) is 77.8 cm³/mol. The largest absolute Gasteiger partial charge is 0.334 e. The molecule has 1 aliphatic rings. The Kier molecular flexibility index (Phi) is 4.97. The number of carbonyl (C=O) groups excluding carboxylic acids is 1. The molecule has 19 heavy (non-hydrogen) atoms. The van der Waals surface area contributed by atoms with E-state index in [1.165, 1.54) is 5.56 Å². The number of hydrogen-bond acceptors (Lipinski definition) is 2. The van der Waals surface area contributed by atoms with Gasteiger partial charge >= 0.3 is 0 Å². The van der Waals surface area contributed by atoms with Gasteiger partial charge in [0.05, 0.1) is 6.04 Å². The summed E-state index contributed by atoms with van der Waals surface area (Å²) in [6.07, 6.45) is 3.07. The molecule has 0 aliphatic carbocycles. The Morgan fingerprint density at radius 2 is 2.16 bits per heavy atom. The van der Waals surface area contributed by atoms with Gasteiger partial charge in [-0.15, -0.1) is 0 Å². The Morgan fingerprint density at radius 3 is 2.74 bits per heavy atom. The van der Waals surface area contributed by atoms with Crippen LogP contribution >= 0.6 is 0 Å². The highest BCUT2D eigenvalue weighted by atomic mass is 16.2. The third-order valence-electron chi connectivity index (χ3n) is 3.96. The summed E-state index contributed by atoms with van der Waals surface area (Å²) in [5, 5.41) is 3.31. The third-order valence-corrected chi connectivity index (χ3v) is 3.96. The van der Waals surface area contributed by atoms with Gasteiger partial charge in [0.25, 0.3) is 0 Å². The Balaban J connectivity index is 2.09. The fraction of sp³-hybridized carbons (Fsp3) is 0.562. The number of rotatable bonds is 5. The molecule has 2 atom stereocenters. The standard InChI is InChI=1S/C16H24N2O/c1-3-13(2)18(12-14-8-5-4-6-9-14)16(19)15-10-7-11-17-15/h4-6,8-9,13,15,17H,3,7,10-12H2,1-2H3/t13?,15-/m0/s1. The summed E-state index contributed by atoms with van der Waals surface area (Å²) in [4.78, 5) is 14.6. The lowest BCUT2D eigenvalue weighted by molar-refractivity contribution is -0.135. The van der Waals surface area contributed by atoms with Crippen molar-refractivity contribution in [1.82, 2.24) is 10.2 Å². The lowest BCUT2D eigenvalue weighted by Crippen LogP contribution is -2.47. The first-order valence-corrected chi connectivity index (χ1v) is 7.30. The van der Waals surface area contributed by atoms with E-state index in [1.54, 1.807) is 0 Å². The van der Waals surface area contributed by atoms with Crippen LogP contribution in [0.1, 0.15) is 38.7 Å². The van der Waals surface area contributed by atoms with Crippen molar-refractivity contribution in [3.8, 4) is 0 Å². The molecular weight excluding hydrogens is 236 g/mol. The summed E-state index contributed by atoms with van der Waals surface area (Å²) in [6.45, 7) is 5.96. The maximum absolute atomic E-state index is 12.6. The van der Waals surface area contributed by atoms with Crippen LogP contribution in [0.5, 0.6) is 0 Å². The van der Waals surface area contributed by atoms with Gasteiger partial charge in [-0.1, -0.05) is 37.3 Å². The molecule has 1 aromatic rings. The van der Waals surface area contributed by atoms with Gasteiger partial charge in [-0.05, 0) is 38.3 Å². The van der Waals surface area contributed by atoms with Crippen molar-refractivity contribution in [2.45, 2.75) is 51.7 Å². The van der Waals surface area contributed by atoms with E-state index in [-0.39, 0.29) is 18.0 Å². The van der Waals surface area contributed by atoms with E-state index >= 15 is 0 Å². The van der Waals surface area contributed by atoms with Gasteiger partial charge < -0.3 is 10.2 Å². The second kappa shape index (κ2) is 6.71. The smallest absolute Gasteiger partial charge is 0.240 e. The Hall–Kier alpha value is -1.35. The van der Waals surface area contributed by atoms with Gasteiger partial charge in [-0.2, -0.15) is 0 Å². The van der Waals surface area contributed by atoms with Crippen LogP contribution in [0.4, 0.5) is 0 Å². The van der Waals surface area contributed by atoms with Crippen molar-refractivity contribution in [2.75, 3.05) is 6.54 Å². The van der Waals surface area contributed by atoms with Crippen LogP contribution in [-0.2, 0) is 11.3 Å². The Labute approximate surface area is 116 Å². The first-order chi connectivity index (χ1) is 9.22. The molecule has 1 unspecified atom stereocenters. The Bertz CT molecular complexity index is 398. The molecule has 0 saturated carbocycles. The molecule has 1 fully saturated rings. The van der Waals surface area contributed by atoms with Crippen molar-refractivity contribution in [2.24, 2.45) is 0 Å². The Morgan fingerprint density at radius 1 is 1.42 bits per heavy atom. The average molecular weight is 260 g/mol. The SMILES string of the molecule is CCC(C)N(Cc1ccccc1)C(=O)[C@@H]1CCCN1. The van der Waals surface area contributed by atoms with Crippen LogP contribution in [0.2, 0.25) is 0 Å². The van der Waals surface area contributed by atoms with Crippen molar-refractivity contribution < 1.29 is 4.79 Å². The second-order valence-electron chi connectivity index (χ2n) is 5.36. The first kappa shape index (κ1) is 14.1. The number of nitrogens with zero attached hydrogens (tertiary/aromatic N) is 1. The molecule has 1 amide bonds. The van der Waals surface area contributed by atoms with Gasteiger partial charge in [0.15, 0.2) is 0 Å². The molecule has 1 saturated heterocycles. The fourth-order valence-electron chi connectivity index (χ4n) is 2.55. The normalized spacial score (nSPS) is 20.2. The van der Waals surface area contributed by atoms with Crippen LogP contribution in [-0.4, -0.2) is 29.4 Å². The molecule has 3 nitrogen and oxygen atoms in total. The molecule has 0 aromatic heterocycles. The predicted octanol–water partition coefficient (Wildman–Crippen LogP) is 2.57. The van der Waals surface area contributed by atoms with Crippen LogP contribution < -0.4 is 5.32 Å². The van der Waals surface area contributed by atoms with Crippen LogP contribution in [0.15, 0.2) is 30.3 Å². The minimum absolute atomic E-state index is 0.0257. The topological polar surface area (TPSA) is 32.3 Å². The van der Waals surface area contributed by atoms with E-state index in [0.29, 0.717) is 6.54 Å². The lowest BCUT2D eigenvalue weighted by atomic mass is 10.1. The minimum atomic E-state index is 0.0257. The second-order valence-corrected chi connectivity index (χ2v) is 5.36. The molecule has 3 heteroatoms. The molecular formula is C16H24N2O. The van der Waals surface area contributed by atoms with Gasteiger partial charge in [-0.25, -0.2) is 0 Å². The number of benzene rings is 1. The number of amides is 1. The number of hydrogen-bond donors (Lipinski definition) is 1. The molecule has 104 valence electrons. The van der Waals surface area contributed by atoms with Gasteiger partial charge in [0.1, 0.15) is 0 Å². The van der Waals surface area contributed by atoms with Gasteiger partial charge in [-0.3, -0.25) is 4.79 Å². The maximum atomic E-state index is 12.6. The highest BCUT2D eigenvalue weighted by molar-refractivity contribution is 5.82. The summed E-state index contributed by atoms with van der Waals surface area (Å²) in [5.74, 6) is 0.260. The van der Waals surface area contributed by atoms with Crippen LogP contribution in [0.3, 0.4) is 0 Å². The third kappa shape index (κ3) is 3.57. The van der Waals surface area contributed by atoms with E-state index in [0.717, 1.165) is 25.8 Å². The zero-order valence-corrected chi connectivity index (χ0v) is 11.9. The van der Waals surface area contributed by atoms with E-state index in [1.807, 2.05) is 23.1 Å². The molecule has 1 aromatic carbocycles. The molecule has 1 aliphatic heterocycles. The summed E-state index contributed by atoms with van der Waals surface area (Å²) < 4.78 is 0. The lowest BCUT2D eigenvalue weighted by Gasteiger charge is -2.31. The van der Waals surface area contributed by atoms with Gasteiger partial charge in [0.2, 0.25) is 5.91 Å². The average Bonchev–Trinajstić information content (AvgIpc) is 2.98. The minimum Gasteiger partial charge on any atom is -0.334 e. The van der Waals surface area contributed by atoms with Crippen LogP contribution in [0.25, 0.3) is 0 Å².